The molecule has 0 aromatic carbocycles. The van der Waals surface area contributed by atoms with Gasteiger partial charge in [0.2, 0.25) is 0 Å². The Morgan fingerprint density at radius 2 is 0.341 bits per heavy atom. The Bertz CT molecular complexity index is 1280. The van der Waals surface area contributed by atoms with Crippen LogP contribution in [0.25, 0.3) is 0 Å². The SMILES string of the molecule is O=C1OCCCCCCCCCCCCCCCCCCCCCCCCCCCCCCCCCCCCCCCCCCCCCCC12CCCCCCCCCCCCCCCCCCCCCCCCCC1(CC2)OCCO1. The molecule has 4 heteroatoms. The van der Waals surface area contributed by atoms with Crippen LogP contribution in [0, 0.1) is 5.41 Å². The lowest BCUT2D eigenvalue weighted by Gasteiger charge is -2.36. The van der Waals surface area contributed by atoms with Gasteiger partial charge in [-0.3, -0.25) is 4.79 Å². The lowest BCUT2D eigenvalue weighted by molar-refractivity contribution is -0.179. The molecule has 2 saturated heterocycles. The van der Waals surface area contributed by atoms with Gasteiger partial charge in [0.1, 0.15) is 0 Å². The summed E-state index contributed by atoms with van der Waals surface area (Å²) in [4.78, 5) is 14.9. The average molecular weight is 1150 g/mol. The van der Waals surface area contributed by atoms with Gasteiger partial charge in [-0.25, -0.2) is 0 Å². The Labute approximate surface area is 515 Å². The van der Waals surface area contributed by atoms with E-state index < -0.39 is 11.2 Å². The van der Waals surface area contributed by atoms with Crippen LogP contribution in [-0.4, -0.2) is 31.6 Å². The summed E-state index contributed by atoms with van der Waals surface area (Å²) < 4.78 is 19.7. The van der Waals surface area contributed by atoms with Gasteiger partial charge in [0.05, 0.1) is 25.2 Å². The van der Waals surface area contributed by atoms with E-state index in [2.05, 4.69) is 0 Å². The van der Waals surface area contributed by atoms with E-state index in [4.69, 9.17) is 14.2 Å². The van der Waals surface area contributed by atoms with E-state index in [1.165, 1.54) is 405 Å². The first-order valence-electron chi connectivity index (χ1n) is 39.2. The van der Waals surface area contributed by atoms with Gasteiger partial charge in [0.15, 0.2) is 5.79 Å². The summed E-state index contributed by atoms with van der Waals surface area (Å²) in [6.07, 6.45) is 98.4. The third-order valence-electron chi connectivity index (χ3n) is 20.7. The summed E-state index contributed by atoms with van der Waals surface area (Å²) in [6.45, 7) is 1.98. The lowest BCUT2D eigenvalue weighted by atomic mass is 9.73. The molecule has 0 aromatic heterocycles. The predicted octanol–water partition coefficient (Wildman–Crippen LogP) is 27.4. The van der Waals surface area contributed by atoms with Gasteiger partial charge < -0.3 is 14.2 Å². The molecule has 2 heterocycles. The molecule has 1 aliphatic carbocycles. The molecule has 1 atom stereocenters. The number of carbonyl (C=O) groups is 1. The first kappa shape index (κ1) is 75.6. The minimum Gasteiger partial charge on any atom is -0.465 e. The lowest BCUT2D eigenvalue weighted by Crippen LogP contribution is -2.38. The van der Waals surface area contributed by atoms with E-state index in [0.717, 1.165) is 57.8 Å². The molecular formula is C78H150O4. The Balaban J connectivity index is 1.51. The third-order valence-corrected chi connectivity index (χ3v) is 20.7. The summed E-state index contributed by atoms with van der Waals surface area (Å²) >= 11 is 0. The van der Waals surface area contributed by atoms with Crippen LogP contribution in [0.2, 0.25) is 0 Å². The van der Waals surface area contributed by atoms with Gasteiger partial charge in [-0.1, -0.05) is 417 Å². The number of ether oxygens (including phenoxy) is 3. The maximum Gasteiger partial charge on any atom is 0.312 e. The van der Waals surface area contributed by atoms with Crippen molar-refractivity contribution in [2.45, 2.75) is 468 Å². The van der Waals surface area contributed by atoms with Crippen LogP contribution in [0.15, 0.2) is 0 Å². The van der Waals surface area contributed by atoms with Gasteiger partial charge in [0, 0.05) is 12.8 Å². The largest absolute Gasteiger partial charge is 0.465 e. The Morgan fingerprint density at radius 3 is 0.549 bits per heavy atom. The number of hydrogen-bond acceptors (Lipinski definition) is 4. The van der Waals surface area contributed by atoms with Gasteiger partial charge in [0.25, 0.3) is 0 Å². The third kappa shape index (κ3) is 46.5. The highest BCUT2D eigenvalue weighted by molar-refractivity contribution is 5.76. The summed E-state index contributed by atoms with van der Waals surface area (Å²) in [6, 6.07) is 0. The van der Waals surface area contributed by atoms with Gasteiger partial charge in [-0.05, 0) is 32.1 Å². The molecule has 486 valence electrons. The van der Waals surface area contributed by atoms with E-state index in [9.17, 15) is 4.79 Å². The zero-order valence-corrected chi connectivity index (χ0v) is 56.2. The van der Waals surface area contributed by atoms with Crippen LogP contribution in [0.4, 0.5) is 0 Å². The van der Waals surface area contributed by atoms with Crippen LogP contribution in [0.3, 0.4) is 0 Å². The van der Waals surface area contributed by atoms with E-state index in [-0.39, 0.29) is 5.97 Å². The molecular weight excluding hydrogens is 1000 g/mol. The molecule has 3 aliphatic rings. The average Bonchev–Trinajstić information content (AvgIpc) is 4.00. The molecule has 0 aromatic rings. The van der Waals surface area contributed by atoms with Crippen molar-refractivity contribution in [2.24, 2.45) is 5.41 Å². The molecule has 82 heavy (non-hydrogen) atoms. The van der Waals surface area contributed by atoms with Crippen LogP contribution in [0.1, 0.15) is 462 Å². The number of esters is 1. The van der Waals surface area contributed by atoms with E-state index >= 15 is 0 Å². The first-order chi connectivity index (χ1) is 40.7. The molecule has 2 aliphatic heterocycles. The van der Waals surface area contributed by atoms with Gasteiger partial charge in [-0.15, -0.1) is 0 Å². The minimum absolute atomic E-state index is 0.124. The molecule has 4 nitrogen and oxygen atoms in total. The van der Waals surface area contributed by atoms with Crippen molar-refractivity contribution in [2.75, 3.05) is 19.8 Å². The molecule has 0 radical (unpaired) electrons. The fourth-order valence-corrected chi connectivity index (χ4v) is 14.9. The Morgan fingerprint density at radius 1 is 0.171 bits per heavy atom. The molecule has 2 spiro atoms. The van der Waals surface area contributed by atoms with E-state index in [1.807, 2.05) is 0 Å². The predicted molar refractivity (Wildman–Crippen MR) is 360 cm³/mol. The highest BCUT2D eigenvalue weighted by atomic mass is 16.7. The maximum absolute atomic E-state index is 14.9. The fraction of sp³-hybridized carbons (Fsp3) is 0.987. The van der Waals surface area contributed by atoms with E-state index in [1.54, 1.807) is 0 Å². The van der Waals surface area contributed by atoms with Crippen molar-refractivity contribution in [1.29, 1.82) is 0 Å². The summed E-state index contributed by atoms with van der Waals surface area (Å²) in [5.74, 6) is -0.396. The van der Waals surface area contributed by atoms with Crippen molar-refractivity contribution in [3.05, 3.63) is 0 Å². The number of rotatable bonds is 0. The van der Waals surface area contributed by atoms with Gasteiger partial charge in [-0.2, -0.15) is 0 Å². The molecule has 0 bridgehead atoms. The van der Waals surface area contributed by atoms with Crippen molar-refractivity contribution < 1.29 is 19.0 Å². The molecule has 3 rings (SSSR count). The van der Waals surface area contributed by atoms with Crippen molar-refractivity contribution >= 4 is 5.97 Å². The zero-order chi connectivity index (χ0) is 57.7. The smallest absolute Gasteiger partial charge is 0.312 e. The van der Waals surface area contributed by atoms with Crippen molar-refractivity contribution in [1.82, 2.24) is 0 Å². The number of cyclic esters (lactones) is 1. The van der Waals surface area contributed by atoms with Crippen LogP contribution >= 0.6 is 0 Å². The molecule has 1 saturated carbocycles. The van der Waals surface area contributed by atoms with Crippen molar-refractivity contribution in [3.63, 3.8) is 0 Å². The monoisotopic (exact) mass is 1150 g/mol. The fourth-order valence-electron chi connectivity index (χ4n) is 14.9. The van der Waals surface area contributed by atoms with Crippen LogP contribution in [0.5, 0.6) is 0 Å². The quantitative estimate of drug-likeness (QED) is 0.227. The van der Waals surface area contributed by atoms with E-state index in [0.29, 0.717) is 19.8 Å². The second-order valence-corrected chi connectivity index (χ2v) is 28.5. The summed E-state index contributed by atoms with van der Waals surface area (Å²) in [5.41, 5.74) is -0.424. The summed E-state index contributed by atoms with van der Waals surface area (Å²) in [7, 11) is 0. The van der Waals surface area contributed by atoms with Crippen LogP contribution < -0.4 is 0 Å². The van der Waals surface area contributed by atoms with Crippen LogP contribution in [-0.2, 0) is 19.0 Å². The highest BCUT2D eigenvalue weighted by Gasteiger charge is 2.44. The standard InChI is InChI=1S/C78H150O4/c79-76-77(69-65-61-57-53-49-45-41-37-33-29-25-23-26-30-34-38-42-46-50-54-58-62-66-70-78(72-71-77)81-74-75-82-78)68-64-60-56-52-48-44-40-36-32-28-24-21-19-17-15-13-11-9-7-5-3-1-2-4-6-8-10-12-14-16-18-20-22-27-31-35-39-43-47-51-55-59-63-67-73-80-76/h1-75H2. The highest BCUT2D eigenvalue weighted by Crippen LogP contribution is 2.43. The maximum atomic E-state index is 14.9. The Hall–Kier alpha value is -0.610. The zero-order valence-electron chi connectivity index (χ0n) is 56.2. The first-order valence-corrected chi connectivity index (χ1v) is 39.2. The van der Waals surface area contributed by atoms with Gasteiger partial charge >= 0.3 is 5.97 Å². The summed E-state index contributed by atoms with van der Waals surface area (Å²) in [5, 5.41) is 0. The normalized spacial score (nSPS) is 26.7. The Kier molecular flexibility index (Phi) is 54.8. The molecule has 0 N–H and O–H groups in total. The number of hydrogen-bond donors (Lipinski definition) is 0. The molecule has 0 amide bonds. The second-order valence-electron chi connectivity index (χ2n) is 28.5. The molecule has 3 fully saturated rings. The topological polar surface area (TPSA) is 44.8 Å². The number of carbonyl (C=O) groups excluding carboxylic acids is 1. The molecule has 1 unspecified atom stereocenters. The second kappa shape index (κ2) is 59.4. The van der Waals surface area contributed by atoms with Crippen molar-refractivity contribution in [3.8, 4) is 0 Å². The minimum atomic E-state index is -0.520.